The predicted octanol–water partition coefficient (Wildman–Crippen LogP) is 2.91. The minimum absolute atomic E-state index is 0.200. The molecule has 1 unspecified atom stereocenters. The molecule has 2 heterocycles. The summed E-state index contributed by atoms with van der Waals surface area (Å²) in [4.78, 5) is 11.3. The van der Waals surface area contributed by atoms with E-state index in [2.05, 4.69) is 0 Å². The van der Waals surface area contributed by atoms with Gasteiger partial charge in [0, 0.05) is 24.7 Å². The van der Waals surface area contributed by atoms with Crippen LogP contribution in [-0.4, -0.2) is 28.4 Å². The van der Waals surface area contributed by atoms with Gasteiger partial charge < -0.3 is 14.4 Å². The number of carboxylic acids is 1. The van der Waals surface area contributed by atoms with Crippen molar-refractivity contribution in [3.63, 3.8) is 0 Å². The first kappa shape index (κ1) is 12.2. The molecule has 2 aromatic rings. The highest BCUT2D eigenvalue weighted by Crippen LogP contribution is 2.23. The summed E-state index contributed by atoms with van der Waals surface area (Å²) < 4.78 is 7.74. The largest absolute Gasteiger partial charge is 0.478 e. The molecule has 0 saturated carbocycles. The highest BCUT2D eigenvalue weighted by Gasteiger charge is 2.17. The van der Waals surface area contributed by atoms with E-state index in [4.69, 9.17) is 4.74 Å². The van der Waals surface area contributed by atoms with Crippen LogP contribution in [0.15, 0.2) is 30.5 Å². The van der Waals surface area contributed by atoms with Crippen molar-refractivity contribution in [1.82, 2.24) is 4.57 Å². The van der Waals surface area contributed by atoms with Crippen molar-refractivity contribution in [2.45, 2.75) is 31.9 Å². The standard InChI is InChI=1S/C15H17NO3/c17-15(18)13-6-3-4-11-7-8-16(14(11)13)10-12-5-1-2-9-19-12/h3-4,6-8,12H,1-2,5,9-10H2,(H,17,18). The Morgan fingerprint density at radius 3 is 3.00 bits per heavy atom. The highest BCUT2D eigenvalue weighted by molar-refractivity contribution is 6.02. The molecule has 3 rings (SSSR count). The minimum Gasteiger partial charge on any atom is -0.478 e. The monoisotopic (exact) mass is 259 g/mol. The number of carboxylic acid groups (broad SMARTS) is 1. The Labute approximate surface area is 111 Å². The lowest BCUT2D eigenvalue weighted by Gasteiger charge is -2.23. The fraction of sp³-hybridized carbons (Fsp3) is 0.400. The second kappa shape index (κ2) is 5.05. The van der Waals surface area contributed by atoms with Crippen LogP contribution in [0.5, 0.6) is 0 Å². The first-order valence-electron chi connectivity index (χ1n) is 6.68. The van der Waals surface area contributed by atoms with Crippen molar-refractivity contribution in [3.05, 3.63) is 36.0 Å². The van der Waals surface area contributed by atoms with E-state index in [0.29, 0.717) is 5.56 Å². The zero-order valence-electron chi connectivity index (χ0n) is 10.7. The number of aromatic nitrogens is 1. The van der Waals surface area contributed by atoms with Gasteiger partial charge in [-0.3, -0.25) is 0 Å². The molecule has 1 aromatic carbocycles. The molecule has 0 amide bonds. The molecule has 4 nitrogen and oxygen atoms in total. The number of aromatic carboxylic acids is 1. The van der Waals surface area contributed by atoms with Gasteiger partial charge in [0.2, 0.25) is 0 Å². The summed E-state index contributed by atoms with van der Waals surface area (Å²) in [6.07, 6.45) is 5.52. The van der Waals surface area contributed by atoms with Gasteiger partial charge in [-0.25, -0.2) is 4.79 Å². The second-order valence-electron chi connectivity index (χ2n) is 5.01. The summed E-state index contributed by atoms with van der Waals surface area (Å²) in [5, 5.41) is 10.3. The average molecular weight is 259 g/mol. The number of hydrogen-bond donors (Lipinski definition) is 1. The molecule has 1 atom stereocenters. The average Bonchev–Trinajstić information content (AvgIpc) is 2.83. The summed E-state index contributed by atoms with van der Waals surface area (Å²) in [6.45, 7) is 1.55. The topological polar surface area (TPSA) is 51.5 Å². The summed E-state index contributed by atoms with van der Waals surface area (Å²) in [6, 6.07) is 7.35. The van der Waals surface area contributed by atoms with Gasteiger partial charge in [0.25, 0.3) is 0 Å². The number of benzene rings is 1. The molecule has 1 aliphatic heterocycles. The molecule has 0 aliphatic carbocycles. The number of ether oxygens (including phenoxy) is 1. The van der Waals surface area contributed by atoms with Crippen LogP contribution >= 0.6 is 0 Å². The summed E-state index contributed by atoms with van der Waals surface area (Å²) >= 11 is 0. The van der Waals surface area contributed by atoms with Crippen LogP contribution in [-0.2, 0) is 11.3 Å². The molecule has 1 fully saturated rings. The van der Waals surface area contributed by atoms with Crippen molar-refractivity contribution in [2.75, 3.05) is 6.61 Å². The third-order valence-corrected chi connectivity index (χ3v) is 3.69. The number of carbonyl (C=O) groups is 1. The molecule has 0 bridgehead atoms. The maximum Gasteiger partial charge on any atom is 0.337 e. The van der Waals surface area contributed by atoms with Gasteiger partial charge in [-0.15, -0.1) is 0 Å². The lowest BCUT2D eigenvalue weighted by molar-refractivity contribution is 0.00665. The van der Waals surface area contributed by atoms with E-state index >= 15 is 0 Å². The molecule has 19 heavy (non-hydrogen) atoms. The summed E-state index contributed by atoms with van der Waals surface area (Å²) in [7, 11) is 0. The quantitative estimate of drug-likeness (QED) is 0.922. The Morgan fingerprint density at radius 2 is 2.26 bits per heavy atom. The normalized spacial score (nSPS) is 19.7. The zero-order valence-corrected chi connectivity index (χ0v) is 10.7. The van der Waals surface area contributed by atoms with Crippen molar-refractivity contribution >= 4 is 16.9 Å². The Balaban J connectivity index is 1.96. The highest BCUT2D eigenvalue weighted by atomic mass is 16.5. The van der Waals surface area contributed by atoms with E-state index in [0.717, 1.165) is 36.9 Å². The van der Waals surface area contributed by atoms with E-state index < -0.39 is 5.97 Å². The molecular weight excluding hydrogens is 242 g/mol. The number of nitrogens with zero attached hydrogens (tertiary/aromatic N) is 1. The lowest BCUT2D eigenvalue weighted by atomic mass is 10.1. The van der Waals surface area contributed by atoms with Gasteiger partial charge in [0.05, 0.1) is 17.2 Å². The Morgan fingerprint density at radius 1 is 1.37 bits per heavy atom. The lowest BCUT2D eigenvalue weighted by Crippen LogP contribution is -2.24. The maximum atomic E-state index is 11.3. The van der Waals surface area contributed by atoms with Gasteiger partial charge in [0.15, 0.2) is 0 Å². The summed E-state index contributed by atoms with van der Waals surface area (Å²) in [5.41, 5.74) is 1.16. The fourth-order valence-electron chi connectivity index (χ4n) is 2.76. The van der Waals surface area contributed by atoms with Crippen molar-refractivity contribution in [2.24, 2.45) is 0 Å². The van der Waals surface area contributed by atoms with Crippen LogP contribution in [0.3, 0.4) is 0 Å². The Hall–Kier alpha value is -1.81. The van der Waals surface area contributed by atoms with E-state index in [9.17, 15) is 9.90 Å². The number of fused-ring (bicyclic) bond motifs is 1. The van der Waals surface area contributed by atoms with Gasteiger partial charge in [-0.2, -0.15) is 0 Å². The molecular formula is C15H17NO3. The van der Waals surface area contributed by atoms with Crippen LogP contribution < -0.4 is 0 Å². The van der Waals surface area contributed by atoms with Gasteiger partial charge in [-0.1, -0.05) is 12.1 Å². The zero-order chi connectivity index (χ0) is 13.2. The fourth-order valence-corrected chi connectivity index (χ4v) is 2.76. The first-order valence-corrected chi connectivity index (χ1v) is 6.68. The minimum atomic E-state index is -0.880. The van der Waals surface area contributed by atoms with Crippen molar-refractivity contribution in [3.8, 4) is 0 Å². The second-order valence-corrected chi connectivity index (χ2v) is 5.01. The van der Waals surface area contributed by atoms with Crippen LogP contribution in [0, 0.1) is 0 Å². The van der Waals surface area contributed by atoms with Crippen LogP contribution in [0.25, 0.3) is 10.9 Å². The maximum absolute atomic E-state index is 11.3. The third-order valence-electron chi connectivity index (χ3n) is 3.69. The van der Waals surface area contributed by atoms with Crippen molar-refractivity contribution in [1.29, 1.82) is 0 Å². The first-order chi connectivity index (χ1) is 9.25. The number of hydrogen-bond acceptors (Lipinski definition) is 2. The Kier molecular flexibility index (Phi) is 3.25. The molecule has 100 valence electrons. The van der Waals surface area contributed by atoms with E-state index in [1.165, 1.54) is 6.42 Å². The molecule has 1 aliphatic rings. The SMILES string of the molecule is O=C(O)c1cccc2ccn(CC3CCCCO3)c12. The van der Waals surface area contributed by atoms with E-state index in [-0.39, 0.29) is 6.10 Å². The molecule has 0 radical (unpaired) electrons. The molecule has 1 saturated heterocycles. The number of rotatable bonds is 3. The molecule has 0 spiro atoms. The predicted molar refractivity (Wildman–Crippen MR) is 72.5 cm³/mol. The van der Waals surface area contributed by atoms with E-state index in [1.54, 1.807) is 12.1 Å². The van der Waals surface area contributed by atoms with Gasteiger partial charge in [0.1, 0.15) is 0 Å². The molecule has 1 aromatic heterocycles. The summed E-state index contributed by atoms with van der Waals surface area (Å²) in [5.74, 6) is -0.880. The van der Waals surface area contributed by atoms with E-state index in [1.807, 2.05) is 22.9 Å². The third kappa shape index (κ3) is 2.36. The van der Waals surface area contributed by atoms with Crippen LogP contribution in [0.1, 0.15) is 29.6 Å². The van der Waals surface area contributed by atoms with Crippen LogP contribution in [0.4, 0.5) is 0 Å². The molecule has 1 N–H and O–H groups in total. The Bertz CT molecular complexity index is 596. The smallest absolute Gasteiger partial charge is 0.337 e. The van der Waals surface area contributed by atoms with Gasteiger partial charge in [-0.05, 0) is 31.4 Å². The van der Waals surface area contributed by atoms with Crippen molar-refractivity contribution < 1.29 is 14.6 Å². The number of para-hydroxylation sites is 1. The van der Waals surface area contributed by atoms with Crippen LogP contribution in [0.2, 0.25) is 0 Å². The molecule has 4 heteroatoms. The van der Waals surface area contributed by atoms with Gasteiger partial charge >= 0.3 is 5.97 Å².